The maximum absolute atomic E-state index is 6.03. The fraction of sp³-hybridized carbons (Fsp3) is 0.333. The number of anilines is 1. The third-order valence-electron chi connectivity index (χ3n) is 3.88. The summed E-state index contributed by atoms with van der Waals surface area (Å²) in [6.45, 7) is 3.93. The summed E-state index contributed by atoms with van der Waals surface area (Å²) in [6, 6.07) is 14.5. The Balaban J connectivity index is 1.58. The highest BCUT2D eigenvalue weighted by Gasteiger charge is 2.23. The molecule has 2 aromatic rings. The average Bonchev–Trinajstić information content (AvgIpc) is 2.79. The van der Waals surface area contributed by atoms with Gasteiger partial charge in [-0.1, -0.05) is 29.8 Å². The van der Waals surface area contributed by atoms with E-state index in [1.165, 1.54) is 16.7 Å². The molecule has 1 aliphatic heterocycles. The average molecular weight is 282 g/mol. The van der Waals surface area contributed by atoms with E-state index in [4.69, 9.17) is 10.5 Å². The lowest BCUT2D eigenvalue weighted by molar-refractivity contribution is 0.165. The molecule has 21 heavy (non-hydrogen) atoms. The maximum Gasteiger partial charge on any atom is 0.123 e. The number of aryl methyl sites for hydroxylation is 1. The zero-order valence-electron chi connectivity index (χ0n) is 12.7. The van der Waals surface area contributed by atoms with Crippen molar-refractivity contribution in [2.24, 2.45) is 0 Å². The van der Waals surface area contributed by atoms with Crippen LogP contribution in [0.25, 0.3) is 0 Å². The van der Waals surface area contributed by atoms with E-state index in [0.29, 0.717) is 0 Å². The van der Waals surface area contributed by atoms with Crippen molar-refractivity contribution in [3.63, 3.8) is 0 Å². The highest BCUT2D eigenvalue weighted by molar-refractivity contribution is 5.41. The number of hydrogen-bond donors (Lipinski definition) is 1. The van der Waals surface area contributed by atoms with Crippen molar-refractivity contribution in [1.82, 2.24) is 4.90 Å². The second kappa shape index (κ2) is 5.78. The van der Waals surface area contributed by atoms with E-state index in [2.05, 4.69) is 43.1 Å². The standard InChI is InChI=1S/C18H22N2O/c1-13-6-7-18-15(8-13)10-17(21-18)12-20(2)11-14-4-3-5-16(19)9-14/h3-9,17H,10-12,19H2,1-2H3. The van der Waals surface area contributed by atoms with Crippen LogP contribution in [0.4, 0.5) is 5.69 Å². The molecule has 1 atom stereocenters. The molecule has 0 fully saturated rings. The number of likely N-dealkylation sites (N-methyl/N-ethyl adjacent to an activating group) is 1. The van der Waals surface area contributed by atoms with Gasteiger partial charge in [-0.2, -0.15) is 0 Å². The van der Waals surface area contributed by atoms with Gasteiger partial charge in [0, 0.05) is 25.2 Å². The first-order chi connectivity index (χ1) is 10.1. The number of nitrogens with zero attached hydrogens (tertiary/aromatic N) is 1. The van der Waals surface area contributed by atoms with Gasteiger partial charge in [0.2, 0.25) is 0 Å². The van der Waals surface area contributed by atoms with Gasteiger partial charge in [0.1, 0.15) is 11.9 Å². The van der Waals surface area contributed by atoms with Crippen LogP contribution < -0.4 is 10.5 Å². The van der Waals surface area contributed by atoms with E-state index in [-0.39, 0.29) is 6.10 Å². The molecule has 0 spiro atoms. The van der Waals surface area contributed by atoms with E-state index in [1.807, 2.05) is 18.2 Å². The van der Waals surface area contributed by atoms with E-state index in [9.17, 15) is 0 Å². The van der Waals surface area contributed by atoms with Gasteiger partial charge in [-0.25, -0.2) is 0 Å². The molecule has 3 nitrogen and oxygen atoms in total. The Kier molecular flexibility index (Phi) is 3.84. The van der Waals surface area contributed by atoms with E-state index in [0.717, 1.165) is 30.9 Å². The Bertz CT molecular complexity index is 639. The predicted molar refractivity (Wildman–Crippen MR) is 86.5 cm³/mol. The molecule has 1 unspecified atom stereocenters. The molecular weight excluding hydrogens is 260 g/mol. The first-order valence-electron chi connectivity index (χ1n) is 7.39. The van der Waals surface area contributed by atoms with Crippen LogP contribution in [0.15, 0.2) is 42.5 Å². The molecule has 3 heteroatoms. The molecule has 0 saturated heterocycles. The lowest BCUT2D eigenvalue weighted by Gasteiger charge is -2.21. The van der Waals surface area contributed by atoms with Crippen LogP contribution in [0.3, 0.4) is 0 Å². The fourth-order valence-corrected chi connectivity index (χ4v) is 2.97. The topological polar surface area (TPSA) is 38.5 Å². The molecule has 0 saturated carbocycles. The molecule has 0 bridgehead atoms. The number of ether oxygens (including phenoxy) is 1. The monoisotopic (exact) mass is 282 g/mol. The van der Waals surface area contributed by atoms with Crippen molar-refractivity contribution in [2.75, 3.05) is 19.3 Å². The lowest BCUT2D eigenvalue weighted by atomic mass is 10.1. The van der Waals surface area contributed by atoms with Crippen molar-refractivity contribution in [1.29, 1.82) is 0 Å². The molecule has 3 rings (SSSR count). The summed E-state index contributed by atoms with van der Waals surface area (Å²) < 4.78 is 6.03. The van der Waals surface area contributed by atoms with Crippen molar-refractivity contribution < 1.29 is 4.74 Å². The highest BCUT2D eigenvalue weighted by Crippen LogP contribution is 2.29. The van der Waals surface area contributed by atoms with Gasteiger partial charge in [0.15, 0.2) is 0 Å². The number of benzene rings is 2. The summed E-state index contributed by atoms with van der Waals surface area (Å²) >= 11 is 0. The Labute approximate surface area is 126 Å². The van der Waals surface area contributed by atoms with Crippen LogP contribution in [-0.4, -0.2) is 24.6 Å². The molecule has 110 valence electrons. The van der Waals surface area contributed by atoms with Gasteiger partial charge in [-0.15, -0.1) is 0 Å². The Hall–Kier alpha value is -2.00. The molecule has 1 heterocycles. The Morgan fingerprint density at radius 3 is 2.90 bits per heavy atom. The zero-order valence-corrected chi connectivity index (χ0v) is 12.7. The van der Waals surface area contributed by atoms with Crippen molar-refractivity contribution in [3.05, 3.63) is 59.2 Å². The lowest BCUT2D eigenvalue weighted by Crippen LogP contribution is -2.31. The minimum absolute atomic E-state index is 0.243. The third kappa shape index (κ3) is 3.37. The van der Waals surface area contributed by atoms with Crippen LogP contribution >= 0.6 is 0 Å². The van der Waals surface area contributed by atoms with E-state index in [1.54, 1.807) is 0 Å². The van der Waals surface area contributed by atoms with Gasteiger partial charge in [0.25, 0.3) is 0 Å². The van der Waals surface area contributed by atoms with Crippen LogP contribution in [0.1, 0.15) is 16.7 Å². The van der Waals surface area contributed by atoms with Crippen LogP contribution in [0.5, 0.6) is 5.75 Å². The molecule has 0 amide bonds. The van der Waals surface area contributed by atoms with Crippen molar-refractivity contribution >= 4 is 5.69 Å². The summed E-state index contributed by atoms with van der Waals surface area (Å²) in [5, 5.41) is 0. The summed E-state index contributed by atoms with van der Waals surface area (Å²) in [4.78, 5) is 2.29. The van der Waals surface area contributed by atoms with Gasteiger partial charge in [0.05, 0.1) is 0 Å². The molecule has 0 radical (unpaired) electrons. The quantitative estimate of drug-likeness (QED) is 0.876. The predicted octanol–water partition coefficient (Wildman–Crippen LogP) is 3.01. The minimum atomic E-state index is 0.243. The first-order valence-corrected chi connectivity index (χ1v) is 7.39. The molecule has 2 aromatic carbocycles. The van der Waals surface area contributed by atoms with Crippen molar-refractivity contribution in [2.45, 2.75) is 26.0 Å². The second-order valence-corrected chi connectivity index (χ2v) is 6.00. The normalized spacial score (nSPS) is 16.8. The van der Waals surface area contributed by atoms with E-state index < -0.39 is 0 Å². The van der Waals surface area contributed by atoms with Gasteiger partial charge in [-0.3, -0.25) is 4.90 Å². The molecular formula is C18H22N2O. The second-order valence-electron chi connectivity index (χ2n) is 6.00. The van der Waals surface area contributed by atoms with Crippen LogP contribution in [0.2, 0.25) is 0 Å². The molecule has 0 aliphatic carbocycles. The zero-order chi connectivity index (χ0) is 14.8. The molecule has 0 aromatic heterocycles. The minimum Gasteiger partial charge on any atom is -0.488 e. The number of fused-ring (bicyclic) bond motifs is 1. The van der Waals surface area contributed by atoms with Gasteiger partial charge < -0.3 is 10.5 Å². The number of nitrogens with two attached hydrogens (primary N) is 1. The number of hydrogen-bond acceptors (Lipinski definition) is 3. The maximum atomic E-state index is 6.03. The molecule has 1 aliphatic rings. The highest BCUT2D eigenvalue weighted by atomic mass is 16.5. The Morgan fingerprint density at radius 2 is 2.10 bits per heavy atom. The van der Waals surface area contributed by atoms with Crippen molar-refractivity contribution in [3.8, 4) is 5.75 Å². The smallest absolute Gasteiger partial charge is 0.123 e. The fourth-order valence-electron chi connectivity index (χ4n) is 2.97. The largest absolute Gasteiger partial charge is 0.488 e. The Morgan fingerprint density at radius 1 is 1.24 bits per heavy atom. The summed E-state index contributed by atoms with van der Waals surface area (Å²) in [5.41, 5.74) is 10.5. The first kappa shape index (κ1) is 14.0. The van der Waals surface area contributed by atoms with Gasteiger partial charge in [-0.05, 0) is 43.3 Å². The number of rotatable bonds is 4. The number of nitrogen functional groups attached to an aromatic ring is 1. The molecule has 2 N–H and O–H groups in total. The third-order valence-corrected chi connectivity index (χ3v) is 3.88. The summed E-state index contributed by atoms with van der Waals surface area (Å²) in [6.07, 6.45) is 1.24. The van der Waals surface area contributed by atoms with Gasteiger partial charge >= 0.3 is 0 Å². The summed E-state index contributed by atoms with van der Waals surface area (Å²) in [7, 11) is 2.13. The van der Waals surface area contributed by atoms with Crippen LogP contribution in [0, 0.1) is 6.92 Å². The SMILES string of the molecule is Cc1ccc2c(c1)CC(CN(C)Cc1cccc(N)c1)O2. The van der Waals surface area contributed by atoms with Crippen LogP contribution in [-0.2, 0) is 13.0 Å². The summed E-state index contributed by atoms with van der Waals surface area (Å²) in [5.74, 6) is 1.04. The van der Waals surface area contributed by atoms with E-state index >= 15 is 0 Å².